The fraction of sp³-hybridized carbons (Fsp3) is 0.344. The minimum atomic E-state index is 0.468. The SMILES string of the molecule is Cc1cccc(COc2ccc(Nc3ncnc4sc5c(c34)CCc3nn(CCN4CCN(C)CC4)cc3-5)cc2Cl)c1. The molecule has 5 aromatic rings. The standard InChI is InChI=1S/C32H34ClN7OS/c1-21-4-3-5-22(16-21)19-41-28-9-6-23(17-26(28)33)36-31-29-24-7-8-27-25(30(24)42-32(29)35-20-34-31)18-40(37-27)15-14-39-12-10-38(2)11-13-39/h3-6,9,16-18,20H,7-8,10-15,19H2,1-2H3,(H,34,35,36). The van der Waals surface area contributed by atoms with Crippen LogP contribution in [0, 0.1) is 6.92 Å². The number of anilines is 2. The maximum absolute atomic E-state index is 6.64. The number of thiophene rings is 1. The van der Waals surface area contributed by atoms with E-state index in [2.05, 4.69) is 68.1 Å². The molecule has 7 rings (SSSR count). The number of hydrogen-bond donors (Lipinski definition) is 1. The predicted octanol–water partition coefficient (Wildman–Crippen LogP) is 6.19. The highest BCUT2D eigenvalue weighted by Crippen LogP contribution is 2.45. The van der Waals surface area contributed by atoms with Crippen molar-refractivity contribution < 1.29 is 4.74 Å². The molecule has 0 amide bonds. The first kappa shape index (κ1) is 27.3. The fourth-order valence-electron chi connectivity index (χ4n) is 5.85. The highest BCUT2D eigenvalue weighted by molar-refractivity contribution is 7.22. The molecule has 2 aromatic carbocycles. The Hall–Kier alpha value is -3.50. The van der Waals surface area contributed by atoms with E-state index in [0.717, 1.165) is 79.4 Å². The molecule has 0 spiro atoms. The second-order valence-electron chi connectivity index (χ2n) is 11.3. The van der Waals surface area contributed by atoms with Crippen molar-refractivity contribution in [2.45, 2.75) is 32.9 Å². The normalized spacial score (nSPS) is 15.5. The van der Waals surface area contributed by atoms with Gasteiger partial charge in [-0.1, -0.05) is 41.4 Å². The summed E-state index contributed by atoms with van der Waals surface area (Å²) in [5.74, 6) is 1.45. The molecule has 1 saturated heterocycles. The topological polar surface area (TPSA) is 71.3 Å². The van der Waals surface area contributed by atoms with Crippen molar-refractivity contribution in [1.82, 2.24) is 29.5 Å². The molecule has 42 heavy (non-hydrogen) atoms. The second-order valence-corrected chi connectivity index (χ2v) is 12.7. The van der Waals surface area contributed by atoms with Gasteiger partial charge >= 0.3 is 0 Å². The molecule has 2 aliphatic rings. The van der Waals surface area contributed by atoms with Gasteiger partial charge in [-0.25, -0.2) is 9.97 Å². The molecule has 0 bridgehead atoms. The first-order chi connectivity index (χ1) is 20.5. The highest BCUT2D eigenvalue weighted by Gasteiger charge is 2.26. The van der Waals surface area contributed by atoms with Crippen LogP contribution in [0.4, 0.5) is 11.5 Å². The molecule has 1 aliphatic carbocycles. The summed E-state index contributed by atoms with van der Waals surface area (Å²) in [5.41, 5.74) is 6.90. The van der Waals surface area contributed by atoms with Gasteiger partial charge in [0, 0.05) is 55.0 Å². The number of hydrogen-bond acceptors (Lipinski definition) is 8. The number of fused-ring (bicyclic) bond motifs is 5. The Balaban J connectivity index is 1.09. The van der Waals surface area contributed by atoms with Crippen LogP contribution in [0.2, 0.25) is 5.02 Å². The lowest BCUT2D eigenvalue weighted by Gasteiger charge is -2.32. The number of likely N-dealkylation sites (N-methyl/N-ethyl adjacent to an activating group) is 1. The monoisotopic (exact) mass is 599 g/mol. The van der Waals surface area contributed by atoms with Crippen molar-refractivity contribution in [3.8, 4) is 16.2 Å². The van der Waals surface area contributed by atoms with Crippen LogP contribution >= 0.6 is 22.9 Å². The molecule has 3 aromatic heterocycles. The van der Waals surface area contributed by atoms with Crippen molar-refractivity contribution in [3.05, 3.63) is 82.4 Å². The molecular formula is C32H34ClN7OS. The molecule has 10 heteroatoms. The number of nitrogens with one attached hydrogen (secondary N) is 1. The minimum absolute atomic E-state index is 0.468. The summed E-state index contributed by atoms with van der Waals surface area (Å²) in [6.45, 7) is 9.01. The van der Waals surface area contributed by atoms with Crippen molar-refractivity contribution in [3.63, 3.8) is 0 Å². The number of piperazine rings is 1. The third kappa shape index (κ3) is 5.62. The van der Waals surface area contributed by atoms with Crippen molar-refractivity contribution >= 4 is 44.7 Å². The maximum atomic E-state index is 6.64. The van der Waals surface area contributed by atoms with Crippen LogP contribution in [-0.4, -0.2) is 69.3 Å². The van der Waals surface area contributed by atoms with E-state index < -0.39 is 0 Å². The summed E-state index contributed by atoms with van der Waals surface area (Å²) in [4.78, 5) is 16.5. The van der Waals surface area contributed by atoms with Gasteiger partial charge in [-0.2, -0.15) is 5.10 Å². The lowest BCUT2D eigenvalue weighted by molar-refractivity contribution is 0.148. The molecule has 1 aliphatic heterocycles. The Morgan fingerprint density at radius 3 is 2.74 bits per heavy atom. The average Bonchev–Trinajstić information content (AvgIpc) is 3.58. The summed E-state index contributed by atoms with van der Waals surface area (Å²) in [5, 5.41) is 10.1. The first-order valence-corrected chi connectivity index (χ1v) is 15.7. The van der Waals surface area contributed by atoms with E-state index in [1.54, 1.807) is 17.7 Å². The van der Waals surface area contributed by atoms with Gasteiger partial charge in [0.25, 0.3) is 0 Å². The fourth-order valence-corrected chi connectivity index (χ4v) is 7.30. The van der Waals surface area contributed by atoms with Crippen molar-refractivity contribution in [2.24, 2.45) is 0 Å². The van der Waals surface area contributed by atoms with Gasteiger partial charge in [0.2, 0.25) is 0 Å². The summed E-state index contributed by atoms with van der Waals surface area (Å²) in [6.07, 6.45) is 5.71. The van der Waals surface area contributed by atoms with E-state index in [1.807, 2.05) is 24.3 Å². The number of benzene rings is 2. The number of halogens is 1. The maximum Gasteiger partial charge on any atom is 0.142 e. The number of ether oxygens (including phenoxy) is 1. The van der Waals surface area contributed by atoms with E-state index in [9.17, 15) is 0 Å². The Labute approximate surface area is 254 Å². The van der Waals surface area contributed by atoms with Crippen molar-refractivity contribution in [2.75, 3.05) is 45.1 Å². The Kier molecular flexibility index (Phi) is 7.58. The number of aromatic nitrogens is 4. The average molecular weight is 600 g/mol. The molecule has 0 atom stereocenters. The summed E-state index contributed by atoms with van der Waals surface area (Å²) < 4.78 is 8.15. The zero-order valence-corrected chi connectivity index (χ0v) is 25.5. The Morgan fingerprint density at radius 1 is 1.02 bits per heavy atom. The second kappa shape index (κ2) is 11.6. The van der Waals surface area contributed by atoms with Gasteiger partial charge in [0.05, 0.1) is 22.6 Å². The first-order valence-electron chi connectivity index (χ1n) is 14.5. The van der Waals surface area contributed by atoms with E-state index >= 15 is 0 Å². The van der Waals surface area contributed by atoms with Crippen molar-refractivity contribution in [1.29, 1.82) is 0 Å². The molecule has 1 fully saturated rings. The molecule has 0 saturated carbocycles. The smallest absolute Gasteiger partial charge is 0.142 e. The minimum Gasteiger partial charge on any atom is -0.487 e. The van der Waals surface area contributed by atoms with Gasteiger partial charge in [-0.05, 0) is 56.1 Å². The zero-order valence-electron chi connectivity index (χ0n) is 23.9. The van der Waals surface area contributed by atoms with E-state index in [-0.39, 0.29) is 0 Å². The van der Waals surface area contributed by atoms with Crippen LogP contribution < -0.4 is 10.1 Å². The van der Waals surface area contributed by atoms with Crippen LogP contribution in [-0.2, 0) is 26.0 Å². The quantitative estimate of drug-likeness (QED) is 0.228. The molecule has 0 unspecified atom stereocenters. The van der Waals surface area contributed by atoms with Crippen LogP contribution in [0.25, 0.3) is 20.7 Å². The molecule has 8 nitrogen and oxygen atoms in total. The Morgan fingerprint density at radius 2 is 1.90 bits per heavy atom. The molecule has 4 heterocycles. The summed E-state index contributed by atoms with van der Waals surface area (Å²) in [7, 11) is 2.20. The van der Waals surface area contributed by atoms with E-state index in [0.29, 0.717) is 17.4 Å². The number of nitrogens with zero attached hydrogens (tertiary/aromatic N) is 6. The lowest BCUT2D eigenvalue weighted by Crippen LogP contribution is -2.45. The van der Waals surface area contributed by atoms with E-state index in [1.165, 1.54) is 27.3 Å². The number of aryl methyl sites for hydroxylation is 3. The van der Waals surface area contributed by atoms with Crippen LogP contribution in [0.1, 0.15) is 22.4 Å². The number of rotatable bonds is 8. The predicted molar refractivity (Wildman–Crippen MR) is 170 cm³/mol. The third-order valence-electron chi connectivity index (χ3n) is 8.19. The van der Waals surface area contributed by atoms with Gasteiger partial charge in [0.1, 0.15) is 29.3 Å². The summed E-state index contributed by atoms with van der Waals surface area (Å²) in [6, 6.07) is 14.1. The van der Waals surface area contributed by atoms with Gasteiger partial charge in [0.15, 0.2) is 0 Å². The lowest BCUT2D eigenvalue weighted by atomic mass is 9.95. The van der Waals surface area contributed by atoms with Crippen LogP contribution in [0.15, 0.2) is 55.0 Å². The third-order valence-corrected chi connectivity index (χ3v) is 9.66. The van der Waals surface area contributed by atoms with Gasteiger partial charge < -0.3 is 15.0 Å². The largest absolute Gasteiger partial charge is 0.487 e. The molecular weight excluding hydrogens is 566 g/mol. The van der Waals surface area contributed by atoms with Crippen LogP contribution in [0.5, 0.6) is 5.75 Å². The Bertz CT molecular complexity index is 1740. The van der Waals surface area contributed by atoms with Gasteiger partial charge in [-0.15, -0.1) is 11.3 Å². The highest BCUT2D eigenvalue weighted by atomic mass is 35.5. The van der Waals surface area contributed by atoms with E-state index in [4.69, 9.17) is 21.4 Å². The summed E-state index contributed by atoms with van der Waals surface area (Å²) >= 11 is 8.37. The molecule has 216 valence electrons. The van der Waals surface area contributed by atoms with Gasteiger partial charge in [-0.3, -0.25) is 9.58 Å². The zero-order chi connectivity index (χ0) is 28.6. The molecule has 0 radical (unpaired) electrons. The van der Waals surface area contributed by atoms with Crippen LogP contribution in [0.3, 0.4) is 0 Å². The molecule has 1 N–H and O–H groups in total.